The van der Waals surface area contributed by atoms with Crippen LogP contribution in [0.15, 0.2) is 54.7 Å². The van der Waals surface area contributed by atoms with E-state index in [0.717, 1.165) is 32.8 Å². The third-order valence-corrected chi connectivity index (χ3v) is 4.78. The van der Waals surface area contributed by atoms with E-state index in [4.69, 9.17) is 0 Å². The van der Waals surface area contributed by atoms with Crippen LogP contribution in [-0.4, -0.2) is 20.2 Å². The van der Waals surface area contributed by atoms with Gasteiger partial charge in [0.05, 0.1) is 4.70 Å². The van der Waals surface area contributed by atoms with Gasteiger partial charge >= 0.3 is 0 Å². The Morgan fingerprint density at radius 2 is 1.63 bits per heavy atom. The Labute approximate surface area is 160 Å². The van der Waals surface area contributed by atoms with Gasteiger partial charge in [-0.3, -0.25) is 4.79 Å². The van der Waals surface area contributed by atoms with Crippen molar-refractivity contribution in [3.63, 3.8) is 0 Å². The van der Waals surface area contributed by atoms with Crippen molar-refractivity contribution in [3.8, 4) is 0 Å². The minimum absolute atomic E-state index is 0.160. The number of fused-ring (bicyclic) bond motifs is 1. The first kappa shape index (κ1) is 17.1. The van der Waals surface area contributed by atoms with Crippen molar-refractivity contribution in [3.05, 3.63) is 71.7 Å². The molecule has 2 aromatic heterocycles. The second-order valence-electron chi connectivity index (χ2n) is 6.21. The fourth-order valence-corrected chi connectivity index (χ4v) is 3.40. The van der Waals surface area contributed by atoms with Crippen LogP contribution in [-0.2, 0) is 0 Å². The molecule has 4 aromatic rings. The largest absolute Gasteiger partial charge is 0.324 e. The Bertz CT molecular complexity index is 1100. The summed E-state index contributed by atoms with van der Waals surface area (Å²) in [5.41, 5.74) is 3.95. The van der Waals surface area contributed by atoms with E-state index in [1.54, 1.807) is 18.3 Å². The fraction of sp³-hybridized carbons (Fsp3) is 0.100. The molecule has 0 saturated carbocycles. The highest BCUT2D eigenvalue weighted by molar-refractivity contribution is 7.13. The van der Waals surface area contributed by atoms with Gasteiger partial charge in [0.2, 0.25) is 5.95 Å². The molecule has 0 aliphatic rings. The first-order valence-corrected chi connectivity index (χ1v) is 9.19. The number of hydrogen-bond donors (Lipinski definition) is 2. The molecule has 7 heteroatoms. The highest BCUT2D eigenvalue weighted by atomic mass is 32.1. The van der Waals surface area contributed by atoms with Crippen molar-refractivity contribution >= 4 is 44.8 Å². The molecule has 0 aliphatic carbocycles. The highest BCUT2D eigenvalue weighted by Crippen LogP contribution is 2.22. The molecule has 0 aliphatic heterocycles. The molecule has 134 valence electrons. The van der Waals surface area contributed by atoms with Gasteiger partial charge in [0.15, 0.2) is 0 Å². The number of nitrogens with one attached hydrogen (secondary N) is 2. The van der Waals surface area contributed by atoms with Gasteiger partial charge in [0.25, 0.3) is 5.91 Å². The molecular formula is C20H17N5OS. The summed E-state index contributed by atoms with van der Waals surface area (Å²) in [5.74, 6) is 0.383. The van der Waals surface area contributed by atoms with E-state index >= 15 is 0 Å². The van der Waals surface area contributed by atoms with Crippen molar-refractivity contribution in [2.45, 2.75) is 13.8 Å². The van der Waals surface area contributed by atoms with Crippen LogP contribution in [0.2, 0.25) is 0 Å². The number of amides is 1. The quantitative estimate of drug-likeness (QED) is 0.540. The SMILES string of the molecule is Cc1cc(C)nc(Nc2ccc(C(=O)Nc3ccc4sncc4c3)cc2)n1. The third kappa shape index (κ3) is 3.93. The van der Waals surface area contributed by atoms with Crippen molar-refractivity contribution in [1.29, 1.82) is 0 Å². The Balaban J connectivity index is 1.46. The molecule has 2 aromatic carbocycles. The lowest BCUT2D eigenvalue weighted by Crippen LogP contribution is -2.11. The Hall–Kier alpha value is -3.32. The maximum atomic E-state index is 12.5. The Kier molecular flexibility index (Phi) is 4.52. The van der Waals surface area contributed by atoms with Crippen LogP contribution < -0.4 is 10.6 Å². The normalized spacial score (nSPS) is 10.7. The average molecular weight is 375 g/mol. The summed E-state index contributed by atoms with van der Waals surface area (Å²) in [4.78, 5) is 21.2. The van der Waals surface area contributed by atoms with E-state index in [1.165, 1.54) is 11.5 Å². The molecule has 0 fully saturated rings. The zero-order valence-electron chi connectivity index (χ0n) is 14.9. The topological polar surface area (TPSA) is 79.8 Å². The van der Waals surface area contributed by atoms with Crippen molar-refractivity contribution < 1.29 is 4.79 Å². The fourth-order valence-electron chi connectivity index (χ4n) is 2.77. The Morgan fingerprint density at radius 1 is 0.926 bits per heavy atom. The maximum absolute atomic E-state index is 12.5. The van der Waals surface area contributed by atoms with Gasteiger partial charge < -0.3 is 10.6 Å². The number of aromatic nitrogens is 3. The highest BCUT2D eigenvalue weighted by Gasteiger charge is 2.08. The second-order valence-corrected chi connectivity index (χ2v) is 7.04. The number of hydrogen-bond acceptors (Lipinski definition) is 6. The number of benzene rings is 2. The summed E-state index contributed by atoms with van der Waals surface area (Å²) >= 11 is 1.44. The molecule has 0 unspecified atom stereocenters. The number of carbonyl (C=O) groups is 1. The molecule has 4 rings (SSSR count). The van der Waals surface area contributed by atoms with Gasteiger partial charge in [-0.2, -0.15) is 4.37 Å². The third-order valence-electron chi connectivity index (χ3n) is 4.00. The molecule has 0 atom stereocenters. The first-order valence-electron chi connectivity index (χ1n) is 8.42. The lowest BCUT2D eigenvalue weighted by molar-refractivity contribution is 0.102. The van der Waals surface area contributed by atoms with Crippen LogP contribution in [0.3, 0.4) is 0 Å². The smallest absolute Gasteiger partial charge is 0.255 e. The van der Waals surface area contributed by atoms with Crippen molar-refractivity contribution in [1.82, 2.24) is 14.3 Å². The lowest BCUT2D eigenvalue weighted by Gasteiger charge is -2.08. The number of rotatable bonds is 4. The van der Waals surface area contributed by atoms with E-state index in [-0.39, 0.29) is 5.91 Å². The molecule has 0 saturated heterocycles. The van der Waals surface area contributed by atoms with Crippen LogP contribution in [0.4, 0.5) is 17.3 Å². The first-order chi connectivity index (χ1) is 13.1. The van der Waals surface area contributed by atoms with Crippen LogP contribution in [0, 0.1) is 13.8 Å². The standard InChI is InChI=1S/C20H17N5OS/c1-12-9-13(2)23-20(22-12)25-16-5-3-14(4-6-16)19(26)24-17-7-8-18-15(10-17)11-21-27-18/h3-11H,1-2H3,(H,24,26)(H,22,23,25). The molecule has 2 N–H and O–H groups in total. The van der Waals surface area contributed by atoms with E-state index in [9.17, 15) is 4.79 Å². The monoisotopic (exact) mass is 375 g/mol. The summed E-state index contributed by atoms with van der Waals surface area (Å²) in [7, 11) is 0. The van der Waals surface area contributed by atoms with Crippen LogP contribution in [0.1, 0.15) is 21.7 Å². The van der Waals surface area contributed by atoms with Gasteiger partial charge in [0.1, 0.15) is 0 Å². The predicted octanol–water partition coefficient (Wildman–Crippen LogP) is 4.70. The summed E-state index contributed by atoms with van der Waals surface area (Å²) in [6, 6.07) is 14.9. The van der Waals surface area contributed by atoms with Gasteiger partial charge in [-0.15, -0.1) is 0 Å². The molecule has 2 heterocycles. The summed E-state index contributed by atoms with van der Waals surface area (Å²) in [6.45, 7) is 3.85. The number of nitrogens with zero attached hydrogens (tertiary/aromatic N) is 3. The molecule has 0 bridgehead atoms. The summed E-state index contributed by atoms with van der Waals surface area (Å²) in [6.07, 6.45) is 1.80. The zero-order valence-corrected chi connectivity index (χ0v) is 15.7. The zero-order chi connectivity index (χ0) is 18.8. The molecule has 0 spiro atoms. The van der Waals surface area contributed by atoms with Gasteiger partial charge in [-0.05, 0) is 73.9 Å². The minimum atomic E-state index is -0.160. The summed E-state index contributed by atoms with van der Waals surface area (Å²) < 4.78 is 5.24. The molecule has 27 heavy (non-hydrogen) atoms. The second kappa shape index (κ2) is 7.13. The lowest BCUT2D eigenvalue weighted by atomic mass is 10.2. The van der Waals surface area contributed by atoms with E-state index in [1.807, 2.05) is 50.2 Å². The van der Waals surface area contributed by atoms with Gasteiger partial charge in [-0.1, -0.05) is 0 Å². The van der Waals surface area contributed by atoms with Crippen LogP contribution >= 0.6 is 11.5 Å². The summed E-state index contributed by atoms with van der Waals surface area (Å²) in [5, 5.41) is 7.10. The maximum Gasteiger partial charge on any atom is 0.255 e. The number of carbonyl (C=O) groups excluding carboxylic acids is 1. The van der Waals surface area contributed by atoms with Crippen molar-refractivity contribution in [2.24, 2.45) is 0 Å². The van der Waals surface area contributed by atoms with E-state index < -0.39 is 0 Å². The molecule has 0 radical (unpaired) electrons. The predicted molar refractivity (Wildman–Crippen MR) is 109 cm³/mol. The number of anilines is 3. The molecule has 1 amide bonds. The van der Waals surface area contributed by atoms with Gasteiger partial charge in [0, 0.05) is 39.9 Å². The van der Waals surface area contributed by atoms with E-state index in [2.05, 4.69) is 25.0 Å². The van der Waals surface area contributed by atoms with Crippen LogP contribution in [0.25, 0.3) is 10.1 Å². The minimum Gasteiger partial charge on any atom is -0.324 e. The van der Waals surface area contributed by atoms with Crippen LogP contribution in [0.5, 0.6) is 0 Å². The van der Waals surface area contributed by atoms with E-state index in [0.29, 0.717) is 11.5 Å². The van der Waals surface area contributed by atoms with Crippen molar-refractivity contribution in [2.75, 3.05) is 10.6 Å². The average Bonchev–Trinajstić information content (AvgIpc) is 3.09. The molecular weight excluding hydrogens is 358 g/mol. The van der Waals surface area contributed by atoms with Gasteiger partial charge in [-0.25, -0.2) is 9.97 Å². The molecule has 6 nitrogen and oxygen atoms in total. The number of aryl methyl sites for hydroxylation is 2. The Morgan fingerprint density at radius 3 is 2.37 bits per heavy atom.